The average molecular weight is 426 g/mol. The van der Waals surface area contributed by atoms with Gasteiger partial charge in [0.2, 0.25) is 5.69 Å². The van der Waals surface area contributed by atoms with Gasteiger partial charge < -0.3 is 5.32 Å². The largest absolute Gasteiger partial charge is 0.362 e. The summed E-state index contributed by atoms with van der Waals surface area (Å²) in [6, 6.07) is 18.2. The van der Waals surface area contributed by atoms with Crippen LogP contribution in [0.15, 0.2) is 79.0 Å². The van der Waals surface area contributed by atoms with E-state index in [0.717, 1.165) is 23.6 Å². The van der Waals surface area contributed by atoms with E-state index in [0.29, 0.717) is 12.8 Å². The summed E-state index contributed by atoms with van der Waals surface area (Å²) in [7, 11) is -3.97. The van der Waals surface area contributed by atoms with Gasteiger partial charge in [0.25, 0.3) is 10.1 Å². The first-order chi connectivity index (χ1) is 14.3. The van der Waals surface area contributed by atoms with Crippen molar-refractivity contribution in [3.05, 3.63) is 84.6 Å². The molecule has 30 heavy (non-hydrogen) atoms. The van der Waals surface area contributed by atoms with E-state index < -0.39 is 10.1 Å². The highest BCUT2D eigenvalue weighted by atomic mass is 32.2. The maximum Gasteiger partial charge on any atom is 0.264 e. The second-order valence-electron chi connectivity index (χ2n) is 7.60. The number of para-hydroxylation sites is 2. The van der Waals surface area contributed by atoms with Gasteiger partial charge in [0.1, 0.15) is 6.54 Å². The summed E-state index contributed by atoms with van der Waals surface area (Å²) in [4.78, 5) is 0. The Morgan fingerprint density at radius 2 is 1.77 bits per heavy atom. The quantitative estimate of drug-likeness (QED) is 0.340. The number of benzene rings is 2. The first kappa shape index (κ1) is 22.0. The third-order valence-corrected chi connectivity index (χ3v) is 6.33. The molecule has 3 rings (SSSR count). The number of fused-ring (bicyclic) bond motifs is 1. The number of rotatable bonds is 9. The van der Waals surface area contributed by atoms with Gasteiger partial charge in [-0.05, 0) is 44.9 Å². The minimum Gasteiger partial charge on any atom is -0.362 e. The number of anilines is 1. The molecule has 0 saturated carbocycles. The molecule has 0 aliphatic carbocycles. The molecule has 2 aromatic rings. The maximum atomic E-state index is 11.2. The van der Waals surface area contributed by atoms with E-state index in [2.05, 4.69) is 41.9 Å². The van der Waals surface area contributed by atoms with Gasteiger partial charge in [-0.3, -0.25) is 4.55 Å². The Morgan fingerprint density at radius 1 is 1.07 bits per heavy atom. The molecule has 1 aliphatic heterocycles. The first-order valence-corrected chi connectivity index (χ1v) is 11.8. The lowest BCUT2D eigenvalue weighted by Gasteiger charge is -2.22. The highest BCUT2D eigenvalue weighted by Crippen LogP contribution is 2.43. The Morgan fingerprint density at radius 3 is 2.47 bits per heavy atom. The van der Waals surface area contributed by atoms with Crippen LogP contribution in [0.5, 0.6) is 0 Å². The van der Waals surface area contributed by atoms with Crippen molar-refractivity contribution in [1.82, 2.24) is 0 Å². The van der Waals surface area contributed by atoms with Gasteiger partial charge in [-0.15, -0.1) is 0 Å². The Labute approximate surface area is 179 Å². The van der Waals surface area contributed by atoms with E-state index in [1.165, 1.54) is 5.56 Å². The van der Waals surface area contributed by atoms with Crippen LogP contribution < -0.4 is 5.32 Å². The smallest absolute Gasteiger partial charge is 0.264 e. The number of hydrogen-bond acceptors (Lipinski definition) is 3. The van der Waals surface area contributed by atoms with Gasteiger partial charge in [0, 0.05) is 29.6 Å². The van der Waals surface area contributed by atoms with E-state index >= 15 is 0 Å². The Balaban J connectivity index is 1.84. The third-order valence-electron chi connectivity index (χ3n) is 5.53. The standard InChI is InChI=1S/C24H28N2O3S/c1-3-26-22-15-8-7-14-21(22)24(2,17-11-19-30(27,28)29)23(26)16-9-10-18-25-20-12-5-4-6-13-20/h4-10,12-16,18H,3,11,17,19H2,1-2H3,(H,27,28,29)/p+1. The zero-order valence-electron chi connectivity index (χ0n) is 17.5. The predicted molar refractivity (Wildman–Crippen MR) is 123 cm³/mol. The van der Waals surface area contributed by atoms with E-state index in [4.69, 9.17) is 4.55 Å². The van der Waals surface area contributed by atoms with Crippen molar-refractivity contribution in [3.63, 3.8) is 0 Å². The lowest BCUT2D eigenvalue weighted by molar-refractivity contribution is -0.433. The molecule has 0 bridgehead atoms. The Bertz CT molecular complexity index is 1070. The molecule has 0 saturated heterocycles. The van der Waals surface area contributed by atoms with Crippen LogP contribution >= 0.6 is 0 Å². The average Bonchev–Trinajstić information content (AvgIpc) is 2.96. The van der Waals surface area contributed by atoms with Gasteiger partial charge in [-0.1, -0.05) is 42.5 Å². The molecule has 6 heteroatoms. The highest BCUT2D eigenvalue weighted by Gasteiger charge is 2.46. The zero-order valence-corrected chi connectivity index (χ0v) is 18.3. The molecule has 0 fully saturated rings. The van der Waals surface area contributed by atoms with Gasteiger partial charge in [0.15, 0.2) is 5.71 Å². The van der Waals surface area contributed by atoms with Crippen LogP contribution in [0.25, 0.3) is 0 Å². The van der Waals surface area contributed by atoms with Crippen LogP contribution in [0.1, 0.15) is 32.3 Å². The summed E-state index contributed by atoms with van der Waals surface area (Å²) in [5.41, 5.74) is 4.17. The molecular weight excluding hydrogens is 396 g/mol. The minimum atomic E-state index is -3.97. The van der Waals surface area contributed by atoms with Gasteiger partial charge in [0.05, 0.1) is 11.2 Å². The van der Waals surface area contributed by atoms with Crippen molar-refractivity contribution in [3.8, 4) is 0 Å². The molecule has 0 spiro atoms. The number of allylic oxidation sites excluding steroid dienone is 3. The summed E-state index contributed by atoms with van der Waals surface area (Å²) >= 11 is 0. The van der Waals surface area contributed by atoms with Crippen LogP contribution in [0.4, 0.5) is 11.4 Å². The van der Waals surface area contributed by atoms with Crippen LogP contribution in [0.3, 0.4) is 0 Å². The lowest BCUT2D eigenvalue weighted by Crippen LogP contribution is -2.31. The summed E-state index contributed by atoms with van der Waals surface area (Å²) in [6.45, 7) is 5.08. The molecule has 2 N–H and O–H groups in total. The summed E-state index contributed by atoms with van der Waals surface area (Å²) in [5, 5.41) is 3.23. The van der Waals surface area contributed by atoms with Crippen molar-refractivity contribution in [2.75, 3.05) is 17.6 Å². The van der Waals surface area contributed by atoms with Crippen LogP contribution in [0.2, 0.25) is 0 Å². The SMILES string of the molecule is CC[N+]1=C(/C=C/C=C/Nc2ccccc2)C(C)(CCCS(=O)(=O)O)c2ccccc21. The van der Waals surface area contributed by atoms with Crippen LogP contribution in [-0.2, 0) is 15.5 Å². The highest BCUT2D eigenvalue weighted by molar-refractivity contribution is 7.85. The van der Waals surface area contributed by atoms with E-state index in [9.17, 15) is 8.42 Å². The second-order valence-corrected chi connectivity index (χ2v) is 9.17. The second kappa shape index (κ2) is 9.41. The monoisotopic (exact) mass is 425 g/mol. The molecule has 0 radical (unpaired) electrons. The summed E-state index contributed by atoms with van der Waals surface area (Å²) in [5.74, 6) is -0.227. The number of hydrogen-bond donors (Lipinski definition) is 2. The topological polar surface area (TPSA) is 69.4 Å². The Hall–Kier alpha value is -2.70. The van der Waals surface area contributed by atoms with Gasteiger partial charge >= 0.3 is 0 Å². The fourth-order valence-electron chi connectivity index (χ4n) is 4.11. The van der Waals surface area contributed by atoms with E-state index in [-0.39, 0.29) is 11.2 Å². The predicted octanol–water partition coefficient (Wildman–Crippen LogP) is 4.91. The molecule has 1 unspecified atom stereocenters. The molecule has 1 aliphatic rings. The number of nitrogens with zero attached hydrogens (tertiary/aromatic N) is 1. The normalized spacial score (nSPS) is 19.0. The molecule has 158 valence electrons. The van der Waals surface area contributed by atoms with Crippen molar-refractivity contribution in [2.24, 2.45) is 0 Å². The molecule has 0 aromatic heterocycles. The van der Waals surface area contributed by atoms with Gasteiger partial charge in [-0.2, -0.15) is 13.0 Å². The van der Waals surface area contributed by atoms with Crippen molar-refractivity contribution < 1.29 is 17.5 Å². The fraction of sp³-hybridized carbons (Fsp3) is 0.292. The maximum absolute atomic E-state index is 11.2. The molecular formula is C24H29N2O3S+. The number of nitrogens with one attached hydrogen (secondary N) is 1. The zero-order chi connectivity index (χ0) is 21.6. The Kier molecular flexibility index (Phi) is 6.90. The van der Waals surface area contributed by atoms with Crippen molar-refractivity contribution in [2.45, 2.75) is 32.1 Å². The van der Waals surface area contributed by atoms with Crippen molar-refractivity contribution in [1.29, 1.82) is 0 Å². The molecule has 2 aromatic carbocycles. The molecule has 5 nitrogen and oxygen atoms in total. The summed E-state index contributed by atoms with van der Waals surface area (Å²) in [6.07, 6.45) is 8.97. The third kappa shape index (κ3) is 5.07. The van der Waals surface area contributed by atoms with Crippen LogP contribution in [0, 0.1) is 0 Å². The summed E-state index contributed by atoms with van der Waals surface area (Å²) < 4.78 is 33.9. The van der Waals surface area contributed by atoms with E-state index in [1.54, 1.807) is 0 Å². The van der Waals surface area contributed by atoms with E-state index in [1.807, 2.05) is 60.8 Å². The van der Waals surface area contributed by atoms with Crippen LogP contribution in [-0.4, -0.2) is 35.6 Å². The fourth-order valence-corrected chi connectivity index (χ4v) is 4.62. The lowest BCUT2D eigenvalue weighted by atomic mass is 9.76. The first-order valence-electron chi connectivity index (χ1n) is 10.2. The molecule has 0 amide bonds. The minimum absolute atomic E-state index is 0.227. The van der Waals surface area contributed by atoms with Gasteiger partial charge in [-0.25, -0.2) is 0 Å². The molecule has 1 atom stereocenters. The molecule has 1 heterocycles. The van der Waals surface area contributed by atoms with Crippen molar-refractivity contribution >= 4 is 27.2 Å².